The van der Waals surface area contributed by atoms with Crippen LogP contribution in [0.2, 0.25) is 5.02 Å². The zero-order chi connectivity index (χ0) is 29.8. The lowest BCUT2D eigenvalue weighted by Crippen LogP contribution is -2.50. The van der Waals surface area contributed by atoms with E-state index in [2.05, 4.69) is 26.1 Å². The first-order valence-corrected chi connectivity index (χ1v) is 15.2. The van der Waals surface area contributed by atoms with Crippen LogP contribution < -0.4 is 5.32 Å². The van der Waals surface area contributed by atoms with E-state index in [1.807, 2.05) is 35.2 Å². The lowest BCUT2D eigenvalue weighted by atomic mass is 9.69. The fourth-order valence-electron chi connectivity index (χ4n) is 5.95. The van der Waals surface area contributed by atoms with E-state index >= 15 is 0 Å². The summed E-state index contributed by atoms with van der Waals surface area (Å²) in [5, 5.41) is 12.0. The van der Waals surface area contributed by atoms with Gasteiger partial charge in [-0.3, -0.25) is 19.4 Å². The van der Waals surface area contributed by atoms with E-state index < -0.39 is 11.6 Å². The second kappa shape index (κ2) is 13.0. The van der Waals surface area contributed by atoms with Crippen LogP contribution in [-0.2, 0) is 22.4 Å². The Morgan fingerprint density at radius 1 is 1.07 bits per heavy atom. The maximum Gasteiger partial charge on any atom is 0.305 e. The van der Waals surface area contributed by atoms with Crippen LogP contribution in [0.1, 0.15) is 79.9 Å². The normalized spacial score (nSPS) is 20.8. The van der Waals surface area contributed by atoms with Crippen LogP contribution in [0, 0.1) is 11.3 Å². The van der Waals surface area contributed by atoms with Gasteiger partial charge in [-0.15, -0.1) is 11.6 Å². The summed E-state index contributed by atoms with van der Waals surface area (Å²) in [4.78, 5) is 44.1. The molecule has 0 atom stereocenters. The van der Waals surface area contributed by atoms with Crippen molar-refractivity contribution in [1.82, 2.24) is 10.2 Å². The molecule has 1 fully saturated rings. The van der Waals surface area contributed by atoms with Crippen molar-refractivity contribution in [2.24, 2.45) is 16.3 Å². The zero-order valence-corrected chi connectivity index (χ0v) is 25.5. The predicted molar refractivity (Wildman–Crippen MR) is 163 cm³/mol. The molecule has 1 spiro atoms. The first-order chi connectivity index (χ1) is 19.4. The minimum absolute atomic E-state index is 0.0762. The number of aryl methyl sites for hydroxylation is 1. The Kier molecular flexibility index (Phi) is 9.81. The molecule has 0 bridgehead atoms. The Balaban J connectivity index is 1.53. The summed E-state index contributed by atoms with van der Waals surface area (Å²) in [6, 6.07) is 12.9. The van der Waals surface area contributed by atoms with Crippen molar-refractivity contribution in [3.63, 3.8) is 0 Å². The third kappa shape index (κ3) is 7.49. The highest BCUT2D eigenvalue weighted by molar-refractivity contribution is 6.47. The summed E-state index contributed by atoms with van der Waals surface area (Å²) in [7, 11) is 0. The van der Waals surface area contributed by atoms with Crippen molar-refractivity contribution in [1.29, 1.82) is 0 Å². The Bertz CT molecular complexity index is 1310. The topological polar surface area (TPSA) is 99.1 Å². The largest absolute Gasteiger partial charge is 0.481 e. The van der Waals surface area contributed by atoms with Gasteiger partial charge >= 0.3 is 5.97 Å². The van der Waals surface area contributed by atoms with Crippen LogP contribution in [0.25, 0.3) is 0 Å². The molecule has 2 aliphatic rings. The number of carbonyl (C=O) groups excluding carboxylic acids is 2. The number of rotatable bonds is 10. The van der Waals surface area contributed by atoms with Gasteiger partial charge in [0.1, 0.15) is 11.4 Å². The number of aliphatic imine (C=N–C) groups is 1. The molecule has 9 heteroatoms. The van der Waals surface area contributed by atoms with Gasteiger partial charge in [0.05, 0.1) is 6.42 Å². The number of aliphatic carboxylic acids is 1. The van der Waals surface area contributed by atoms with Crippen molar-refractivity contribution >= 4 is 46.7 Å². The van der Waals surface area contributed by atoms with Crippen molar-refractivity contribution in [2.75, 3.05) is 19.0 Å². The van der Waals surface area contributed by atoms with Gasteiger partial charge in [-0.2, -0.15) is 0 Å². The van der Waals surface area contributed by atoms with E-state index in [1.165, 1.54) is 0 Å². The van der Waals surface area contributed by atoms with Gasteiger partial charge in [-0.25, -0.2) is 0 Å². The molecule has 2 amide bonds. The van der Waals surface area contributed by atoms with E-state index in [4.69, 9.17) is 33.3 Å². The van der Waals surface area contributed by atoms with Crippen LogP contribution in [0.15, 0.2) is 47.5 Å². The van der Waals surface area contributed by atoms with E-state index in [9.17, 15) is 14.4 Å². The third-order valence-corrected chi connectivity index (χ3v) is 8.77. The molecule has 220 valence electrons. The Morgan fingerprint density at radius 3 is 2.37 bits per heavy atom. The van der Waals surface area contributed by atoms with Crippen LogP contribution in [0.3, 0.4) is 0 Å². The zero-order valence-electron chi connectivity index (χ0n) is 24.0. The summed E-state index contributed by atoms with van der Waals surface area (Å²) in [6.07, 6.45) is 4.79. The number of nitrogens with one attached hydrogen (secondary N) is 1. The minimum Gasteiger partial charge on any atom is -0.481 e. The first kappa shape index (κ1) is 31.0. The van der Waals surface area contributed by atoms with E-state index in [0.29, 0.717) is 47.5 Å². The molecular formula is C32H39Cl2N3O4. The number of hydrogen-bond acceptors (Lipinski definition) is 4. The number of nitrogens with zero attached hydrogens (tertiary/aromatic N) is 2. The molecule has 0 radical (unpaired) electrons. The molecule has 2 N–H and O–H groups in total. The van der Waals surface area contributed by atoms with Crippen LogP contribution in [-0.4, -0.2) is 58.1 Å². The number of benzene rings is 2. The van der Waals surface area contributed by atoms with Gasteiger partial charge in [-0.1, -0.05) is 44.5 Å². The number of halogens is 2. The van der Waals surface area contributed by atoms with Crippen molar-refractivity contribution in [2.45, 2.75) is 71.4 Å². The van der Waals surface area contributed by atoms with Crippen molar-refractivity contribution in [3.05, 3.63) is 69.7 Å². The number of amides is 2. The summed E-state index contributed by atoms with van der Waals surface area (Å²) in [5.41, 5.74) is 3.27. The fourth-order valence-corrected chi connectivity index (χ4v) is 6.42. The average Bonchev–Trinajstić information content (AvgIpc) is 3.17. The Hall–Kier alpha value is -2.90. The number of alkyl halides is 1. The first-order valence-electron chi connectivity index (χ1n) is 14.3. The summed E-state index contributed by atoms with van der Waals surface area (Å²) in [6.45, 7) is 7.42. The fraction of sp³-hybridized carbons (Fsp3) is 0.500. The molecule has 7 nitrogen and oxygen atoms in total. The second-order valence-electron chi connectivity index (χ2n) is 12.2. The molecule has 0 unspecified atom stereocenters. The number of hydrogen-bond donors (Lipinski definition) is 2. The molecule has 0 saturated heterocycles. The minimum atomic E-state index is -0.958. The molecule has 2 aromatic carbocycles. The van der Waals surface area contributed by atoms with Gasteiger partial charge in [0.2, 0.25) is 0 Å². The summed E-state index contributed by atoms with van der Waals surface area (Å²) in [5.74, 6) is -0.310. The van der Waals surface area contributed by atoms with Crippen LogP contribution in [0.5, 0.6) is 0 Å². The highest BCUT2D eigenvalue weighted by Gasteiger charge is 2.49. The Morgan fingerprint density at radius 2 is 1.76 bits per heavy atom. The van der Waals surface area contributed by atoms with Crippen LogP contribution in [0.4, 0.5) is 0 Å². The van der Waals surface area contributed by atoms with Gasteiger partial charge in [0.15, 0.2) is 0 Å². The maximum atomic E-state index is 14.0. The molecular weight excluding hydrogens is 561 g/mol. The smallest absolute Gasteiger partial charge is 0.305 e. The summed E-state index contributed by atoms with van der Waals surface area (Å²) < 4.78 is 0. The molecule has 4 rings (SSSR count). The number of carboxylic acids is 1. The molecule has 1 saturated carbocycles. The van der Waals surface area contributed by atoms with Gasteiger partial charge in [0, 0.05) is 35.1 Å². The molecule has 0 aromatic heterocycles. The van der Waals surface area contributed by atoms with E-state index in [-0.39, 0.29) is 30.2 Å². The van der Waals surface area contributed by atoms with Crippen molar-refractivity contribution < 1.29 is 19.5 Å². The standard InChI is InChI=1S/C32H39Cl2N3O4/c1-31(2,3)25-8-13-32(14-9-25)36-28(24-18-22(10-15-33)19-26(34)20-24)30(41)37(32)17-12-21-4-6-23(7-5-21)29(40)35-16-11-27(38)39/h4-7,18-20,25H,8-17H2,1-3H3,(H,35,40)(H,38,39). The number of carboxylic acid groups (broad SMARTS) is 1. The predicted octanol–water partition coefficient (Wildman–Crippen LogP) is 6.13. The van der Waals surface area contributed by atoms with Crippen molar-refractivity contribution in [3.8, 4) is 0 Å². The lowest BCUT2D eigenvalue weighted by Gasteiger charge is -2.45. The van der Waals surface area contributed by atoms with E-state index in [1.54, 1.807) is 12.1 Å². The molecule has 41 heavy (non-hydrogen) atoms. The molecule has 1 heterocycles. The Labute approximate surface area is 252 Å². The molecule has 2 aromatic rings. The van der Waals surface area contributed by atoms with Gasteiger partial charge in [-0.05, 0) is 91.3 Å². The van der Waals surface area contributed by atoms with Crippen LogP contribution >= 0.6 is 23.2 Å². The average molecular weight is 601 g/mol. The lowest BCUT2D eigenvalue weighted by molar-refractivity contribution is -0.136. The van der Waals surface area contributed by atoms with Gasteiger partial charge in [0.25, 0.3) is 11.8 Å². The maximum absolute atomic E-state index is 14.0. The quantitative estimate of drug-likeness (QED) is 0.321. The SMILES string of the molecule is CC(C)(C)C1CCC2(CC1)N=C(c1cc(Cl)cc(CCCl)c1)C(=O)N2CCc1ccc(C(=O)NCCC(=O)O)cc1. The van der Waals surface area contributed by atoms with E-state index in [0.717, 1.165) is 42.4 Å². The summed E-state index contributed by atoms with van der Waals surface area (Å²) >= 11 is 12.4. The second-order valence-corrected chi connectivity index (χ2v) is 13.0. The molecule has 1 aliphatic heterocycles. The monoisotopic (exact) mass is 599 g/mol. The highest BCUT2D eigenvalue weighted by atomic mass is 35.5. The highest BCUT2D eigenvalue weighted by Crippen LogP contribution is 2.46. The third-order valence-electron chi connectivity index (χ3n) is 8.36. The molecule has 1 aliphatic carbocycles. The number of carbonyl (C=O) groups is 3. The van der Waals surface area contributed by atoms with Gasteiger partial charge < -0.3 is 15.3 Å².